The number of aryl methyl sites for hydroxylation is 1. The van der Waals surface area contributed by atoms with Crippen LogP contribution in [0.25, 0.3) is 0 Å². The molecule has 0 saturated carbocycles. The van der Waals surface area contributed by atoms with E-state index < -0.39 is 9.05 Å². The summed E-state index contributed by atoms with van der Waals surface area (Å²) in [5.41, 5.74) is 0.374. The zero-order chi connectivity index (χ0) is 13.8. The van der Waals surface area contributed by atoms with Gasteiger partial charge in [-0.2, -0.15) is 5.10 Å². The fraction of sp³-hybridized carbons (Fsp3) is 0.727. The van der Waals surface area contributed by atoms with Gasteiger partial charge in [-0.25, -0.2) is 8.42 Å². The van der Waals surface area contributed by atoms with Crippen LogP contribution in [-0.2, 0) is 26.9 Å². The molecular formula is C11H19ClN2O3S. The van der Waals surface area contributed by atoms with Gasteiger partial charge in [0.2, 0.25) is 0 Å². The second kappa shape index (κ2) is 6.54. The van der Waals surface area contributed by atoms with Crippen molar-refractivity contribution in [2.45, 2.75) is 57.8 Å². The standard InChI is InChI=1S/C11H19ClN2O3S/c1-4-6-14-7-11(18(12,15)16)10(13-14)8-17-9(3)5-2/h7,9H,4-6,8H2,1-3H3/t9-/m1/s1. The quantitative estimate of drug-likeness (QED) is 0.725. The smallest absolute Gasteiger partial charge is 0.264 e. The molecular weight excluding hydrogens is 276 g/mol. The van der Waals surface area contributed by atoms with E-state index in [1.807, 2.05) is 20.8 Å². The molecule has 7 heteroatoms. The van der Waals surface area contributed by atoms with Crippen molar-refractivity contribution in [1.29, 1.82) is 0 Å². The summed E-state index contributed by atoms with van der Waals surface area (Å²) in [5.74, 6) is 0. The monoisotopic (exact) mass is 294 g/mol. The van der Waals surface area contributed by atoms with Crippen molar-refractivity contribution >= 4 is 19.7 Å². The zero-order valence-electron chi connectivity index (χ0n) is 10.9. The number of aromatic nitrogens is 2. The molecule has 1 aromatic heterocycles. The summed E-state index contributed by atoms with van der Waals surface area (Å²) in [6.45, 7) is 6.74. The number of nitrogens with zero attached hydrogens (tertiary/aromatic N) is 2. The van der Waals surface area contributed by atoms with Crippen LogP contribution < -0.4 is 0 Å². The Labute approximate surface area is 113 Å². The molecule has 0 fully saturated rings. The fourth-order valence-electron chi connectivity index (χ4n) is 1.43. The second-order valence-corrected chi connectivity index (χ2v) is 6.71. The van der Waals surface area contributed by atoms with Gasteiger partial charge in [0.1, 0.15) is 10.6 Å². The van der Waals surface area contributed by atoms with Gasteiger partial charge >= 0.3 is 0 Å². The van der Waals surface area contributed by atoms with Gasteiger partial charge in [-0.15, -0.1) is 0 Å². The topological polar surface area (TPSA) is 61.2 Å². The summed E-state index contributed by atoms with van der Waals surface area (Å²) in [6.07, 6.45) is 3.25. The zero-order valence-corrected chi connectivity index (χ0v) is 12.5. The minimum absolute atomic E-state index is 0.0425. The normalized spacial score (nSPS) is 13.8. The summed E-state index contributed by atoms with van der Waals surface area (Å²) in [5, 5.41) is 4.20. The summed E-state index contributed by atoms with van der Waals surface area (Å²) in [4.78, 5) is 0.0425. The van der Waals surface area contributed by atoms with E-state index in [1.165, 1.54) is 6.20 Å². The van der Waals surface area contributed by atoms with E-state index in [0.717, 1.165) is 12.8 Å². The van der Waals surface area contributed by atoms with Crippen LogP contribution in [0.1, 0.15) is 39.3 Å². The highest BCUT2D eigenvalue weighted by molar-refractivity contribution is 8.13. The maximum Gasteiger partial charge on any atom is 0.264 e. The first-order chi connectivity index (χ1) is 8.38. The van der Waals surface area contributed by atoms with E-state index in [-0.39, 0.29) is 17.6 Å². The Morgan fingerprint density at radius 3 is 2.67 bits per heavy atom. The van der Waals surface area contributed by atoms with Gasteiger partial charge in [0, 0.05) is 23.4 Å². The van der Waals surface area contributed by atoms with Crippen molar-refractivity contribution in [3.05, 3.63) is 11.9 Å². The molecule has 0 aliphatic carbocycles. The van der Waals surface area contributed by atoms with Gasteiger partial charge in [0.05, 0.1) is 12.7 Å². The third kappa shape index (κ3) is 4.26. The van der Waals surface area contributed by atoms with Crippen molar-refractivity contribution in [2.24, 2.45) is 0 Å². The Morgan fingerprint density at radius 2 is 2.17 bits per heavy atom. The van der Waals surface area contributed by atoms with E-state index in [4.69, 9.17) is 15.4 Å². The fourth-order valence-corrected chi connectivity index (χ4v) is 2.44. The predicted molar refractivity (Wildman–Crippen MR) is 70.1 cm³/mol. The summed E-state index contributed by atoms with van der Waals surface area (Å²) >= 11 is 0. The molecule has 5 nitrogen and oxygen atoms in total. The number of ether oxygens (including phenoxy) is 1. The van der Waals surface area contributed by atoms with Crippen LogP contribution >= 0.6 is 10.7 Å². The molecule has 1 heterocycles. The second-order valence-electron chi connectivity index (χ2n) is 4.17. The highest BCUT2D eigenvalue weighted by Gasteiger charge is 2.20. The molecule has 0 N–H and O–H groups in total. The van der Waals surface area contributed by atoms with Gasteiger partial charge in [-0.1, -0.05) is 13.8 Å². The van der Waals surface area contributed by atoms with Gasteiger partial charge in [-0.3, -0.25) is 4.68 Å². The number of hydrogen-bond donors (Lipinski definition) is 0. The van der Waals surface area contributed by atoms with E-state index in [1.54, 1.807) is 4.68 Å². The largest absolute Gasteiger partial charge is 0.372 e. The first kappa shape index (κ1) is 15.5. The lowest BCUT2D eigenvalue weighted by atomic mass is 10.3. The van der Waals surface area contributed by atoms with Crippen molar-refractivity contribution in [2.75, 3.05) is 0 Å². The lowest BCUT2D eigenvalue weighted by molar-refractivity contribution is 0.0474. The van der Waals surface area contributed by atoms with Crippen molar-refractivity contribution in [1.82, 2.24) is 9.78 Å². The average molecular weight is 295 g/mol. The van der Waals surface area contributed by atoms with Crippen LogP contribution in [0.2, 0.25) is 0 Å². The Morgan fingerprint density at radius 1 is 1.50 bits per heavy atom. The van der Waals surface area contributed by atoms with Crippen molar-refractivity contribution in [3.63, 3.8) is 0 Å². The lowest BCUT2D eigenvalue weighted by Gasteiger charge is -2.09. The summed E-state index contributed by atoms with van der Waals surface area (Å²) < 4.78 is 30.0. The molecule has 1 atom stereocenters. The summed E-state index contributed by atoms with van der Waals surface area (Å²) in [6, 6.07) is 0. The Hall–Kier alpha value is -0.590. The maximum atomic E-state index is 11.4. The molecule has 0 radical (unpaired) electrons. The van der Waals surface area contributed by atoms with Gasteiger partial charge in [-0.05, 0) is 19.8 Å². The van der Waals surface area contributed by atoms with E-state index in [9.17, 15) is 8.42 Å². The van der Waals surface area contributed by atoms with Crippen LogP contribution in [0.3, 0.4) is 0 Å². The Bertz CT molecular complexity index is 484. The first-order valence-electron chi connectivity index (χ1n) is 6.01. The highest BCUT2D eigenvalue weighted by Crippen LogP contribution is 2.20. The molecule has 1 rings (SSSR count). The maximum absolute atomic E-state index is 11.4. The van der Waals surface area contributed by atoms with Crippen LogP contribution in [0, 0.1) is 0 Å². The predicted octanol–water partition coefficient (Wildman–Crippen LogP) is 2.54. The SMILES string of the molecule is CCCn1cc(S(=O)(=O)Cl)c(CO[C@H](C)CC)n1. The molecule has 104 valence electrons. The third-order valence-electron chi connectivity index (χ3n) is 2.59. The lowest BCUT2D eigenvalue weighted by Crippen LogP contribution is -2.08. The van der Waals surface area contributed by atoms with Crippen molar-refractivity contribution < 1.29 is 13.2 Å². The molecule has 0 aromatic carbocycles. The van der Waals surface area contributed by atoms with Crippen LogP contribution in [0.5, 0.6) is 0 Å². The number of rotatable bonds is 7. The Balaban J connectivity index is 2.93. The first-order valence-corrected chi connectivity index (χ1v) is 8.32. The molecule has 0 unspecified atom stereocenters. The van der Waals surface area contributed by atoms with Gasteiger partial charge in [0.25, 0.3) is 9.05 Å². The van der Waals surface area contributed by atoms with Gasteiger partial charge in [0.15, 0.2) is 0 Å². The van der Waals surface area contributed by atoms with Crippen LogP contribution in [-0.4, -0.2) is 24.3 Å². The van der Waals surface area contributed by atoms with Gasteiger partial charge < -0.3 is 4.74 Å². The third-order valence-corrected chi connectivity index (χ3v) is 3.96. The Kier molecular flexibility index (Phi) is 5.62. The number of hydrogen-bond acceptors (Lipinski definition) is 4. The molecule has 18 heavy (non-hydrogen) atoms. The van der Waals surface area contributed by atoms with Crippen LogP contribution in [0.4, 0.5) is 0 Å². The molecule has 0 aliphatic heterocycles. The minimum Gasteiger partial charge on any atom is -0.372 e. The molecule has 0 amide bonds. The molecule has 0 saturated heterocycles. The molecule has 0 aliphatic rings. The van der Waals surface area contributed by atoms with Crippen molar-refractivity contribution in [3.8, 4) is 0 Å². The number of halogens is 1. The average Bonchev–Trinajstić information content (AvgIpc) is 2.69. The minimum atomic E-state index is -3.78. The molecule has 0 bridgehead atoms. The molecule has 1 aromatic rings. The van der Waals surface area contributed by atoms with Crippen LogP contribution in [0.15, 0.2) is 11.1 Å². The summed E-state index contributed by atoms with van der Waals surface area (Å²) in [7, 11) is 1.61. The molecule has 0 spiro atoms. The van der Waals surface area contributed by atoms with E-state index in [0.29, 0.717) is 12.2 Å². The highest BCUT2D eigenvalue weighted by atomic mass is 35.7. The van der Waals surface area contributed by atoms with E-state index >= 15 is 0 Å². The van der Waals surface area contributed by atoms with E-state index in [2.05, 4.69) is 5.10 Å².